The van der Waals surface area contributed by atoms with Gasteiger partial charge in [0.15, 0.2) is 0 Å². The standard InChI is InChI=1S/C8H11NS.ClH/c9-6-8(10)7-4-2-1-3-5-7;/h1-5,8,10H,6,9H2;1H. The Kier molecular flexibility index (Phi) is 5.38. The van der Waals surface area contributed by atoms with Gasteiger partial charge in [0.1, 0.15) is 0 Å². The molecule has 0 aliphatic heterocycles. The van der Waals surface area contributed by atoms with Crippen LogP contribution in [0.15, 0.2) is 30.3 Å². The van der Waals surface area contributed by atoms with Crippen LogP contribution < -0.4 is 5.73 Å². The second-order valence-electron chi connectivity index (χ2n) is 2.16. The van der Waals surface area contributed by atoms with Crippen molar-refractivity contribution in [3.8, 4) is 0 Å². The van der Waals surface area contributed by atoms with Crippen LogP contribution in [0.4, 0.5) is 0 Å². The minimum absolute atomic E-state index is 0. The highest BCUT2D eigenvalue weighted by Gasteiger charge is 2.00. The van der Waals surface area contributed by atoms with Gasteiger partial charge in [0, 0.05) is 11.8 Å². The largest absolute Gasteiger partial charge is 0.329 e. The molecule has 1 rings (SSSR count). The Balaban J connectivity index is 0.000001000. The van der Waals surface area contributed by atoms with Crippen LogP contribution in [0.3, 0.4) is 0 Å². The normalized spacial score (nSPS) is 11.8. The average molecular weight is 190 g/mol. The van der Waals surface area contributed by atoms with E-state index in [2.05, 4.69) is 12.6 Å². The van der Waals surface area contributed by atoms with Crippen molar-refractivity contribution in [2.75, 3.05) is 6.54 Å². The second-order valence-corrected chi connectivity index (χ2v) is 2.79. The molecule has 1 aromatic rings. The molecular weight excluding hydrogens is 178 g/mol. The van der Waals surface area contributed by atoms with Crippen LogP contribution in [0.2, 0.25) is 0 Å². The van der Waals surface area contributed by atoms with Crippen molar-refractivity contribution < 1.29 is 0 Å². The summed E-state index contributed by atoms with van der Waals surface area (Å²) in [7, 11) is 0. The Hall–Kier alpha value is -0.180. The Morgan fingerprint density at radius 1 is 1.27 bits per heavy atom. The molecule has 2 N–H and O–H groups in total. The highest BCUT2D eigenvalue weighted by molar-refractivity contribution is 7.80. The Morgan fingerprint density at radius 3 is 2.27 bits per heavy atom. The van der Waals surface area contributed by atoms with E-state index in [-0.39, 0.29) is 17.7 Å². The first-order chi connectivity index (χ1) is 4.84. The lowest BCUT2D eigenvalue weighted by Crippen LogP contribution is -2.06. The summed E-state index contributed by atoms with van der Waals surface area (Å²) >= 11 is 4.29. The topological polar surface area (TPSA) is 26.0 Å². The summed E-state index contributed by atoms with van der Waals surface area (Å²) in [6, 6.07) is 10.0. The van der Waals surface area contributed by atoms with Gasteiger partial charge in [-0.3, -0.25) is 0 Å². The summed E-state index contributed by atoms with van der Waals surface area (Å²) in [6.45, 7) is 0.590. The van der Waals surface area contributed by atoms with E-state index in [1.165, 1.54) is 5.56 Å². The molecule has 1 nitrogen and oxygen atoms in total. The molecule has 0 spiro atoms. The van der Waals surface area contributed by atoms with Crippen molar-refractivity contribution in [2.24, 2.45) is 5.73 Å². The van der Waals surface area contributed by atoms with Crippen LogP contribution in [0.25, 0.3) is 0 Å². The number of hydrogen-bond acceptors (Lipinski definition) is 2. The second kappa shape index (κ2) is 5.47. The third kappa shape index (κ3) is 3.14. The van der Waals surface area contributed by atoms with E-state index in [9.17, 15) is 0 Å². The van der Waals surface area contributed by atoms with E-state index in [0.29, 0.717) is 6.54 Å². The molecule has 0 heterocycles. The molecular formula is C8H12ClNS. The van der Waals surface area contributed by atoms with Gasteiger partial charge >= 0.3 is 0 Å². The number of nitrogens with two attached hydrogens (primary N) is 1. The summed E-state index contributed by atoms with van der Waals surface area (Å²) in [5, 5.41) is 0.182. The highest BCUT2D eigenvalue weighted by atomic mass is 35.5. The van der Waals surface area contributed by atoms with Crippen molar-refractivity contribution in [1.82, 2.24) is 0 Å². The summed E-state index contributed by atoms with van der Waals surface area (Å²) in [5.74, 6) is 0. The molecule has 0 aromatic heterocycles. The van der Waals surface area contributed by atoms with Crippen LogP contribution in [0.5, 0.6) is 0 Å². The lowest BCUT2D eigenvalue weighted by atomic mass is 10.1. The van der Waals surface area contributed by atoms with E-state index in [4.69, 9.17) is 5.73 Å². The Labute approximate surface area is 78.8 Å². The number of benzene rings is 1. The fourth-order valence-electron chi connectivity index (χ4n) is 0.811. The lowest BCUT2D eigenvalue weighted by Gasteiger charge is -2.05. The Morgan fingerprint density at radius 2 is 1.82 bits per heavy atom. The van der Waals surface area contributed by atoms with Crippen LogP contribution in [-0.2, 0) is 0 Å². The minimum atomic E-state index is 0. The zero-order chi connectivity index (χ0) is 7.40. The fraction of sp³-hybridized carbons (Fsp3) is 0.250. The first-order valence-electron chi connectivity index (χ1n) is 3.27. The quantitative estimate of drug-likeness (QED) is 0.685. The van der Waals surface area contributed by atoms with Crippen LogP contribution in [0.1, 0.15) is 10.8 Å². The van der Waals surface area contributed by atoms with Gasteiger partial charge in [0.2, 0.25) is 0 Å². The van der Waals surface area contributed by atoms with Gasteiger partial charge in [-0.15, -0.1) is 12.4 Å². The average Bonchev–Trinajstić information content (AvgIpc) is 2.05. The molecule has 0 radical (unpaired) electrons. The van der Waals surface area contributed by atoms with E-state index in [1.54, 1.807) is 0 Å². The summed E-state index contributed by atoms with van der Waals surface area (Å²) < 4.78 is 0. The monoisotopic (exact) mass is 189 g/mol. The molecule has 0 amide bonds. The number of halogens is 1. The molecule has 1 aromatic carbocycles. The number of rotatable bonds is 2. The van der Waals surface area contributed by atoms with Crippen LogP contribution >= 0.6 is 25.0 Å². The fourth-order valence-corrected chi connectivity index (χ4v) is 0.983. The maximum atomic E-state index is 5.43. The molecule has 11 heavy (non-hydrogen) atoms. The summed E-state index contributed by atoms with van der Waals surface area (Å²) in [4.78, 5) is 0. The van der Waals surface area contributed by atoms with Gasteiger partial charge < -0.3 is 5.73 Å². The highest BCUT2D eigenvalue weighted by Crippen LogP contribution is 2.16. The van der Waals surface area contributed by atoms with Gasteiger partial charge in [-0.2, -0.15) is 12.6 Å². The molecule has 1 unspecified atom stereocenters. The third-order valence-electron chi connectivity index (χ3n) is 1.41. The van der Waals surface area contributed by atoms with Gasteiger partial charge in [-0.1, -0.05) is 30.3 Å². The van der Waals surface area contributed by atoms with E-state index < -0.39 is 0 Å². The smallest absolute Gasteiger partial charge is 0.0389 e. The van der Waals surface area contributed by atoms with Crippen molar-refractivity contribution in [3.05, 3.63) is 35.9 Å². The van der Waals surface area contributed by atoms with E-state index >= 15 is 0 Å². The van der Waals surface area contributed by atoms with Crippen molar-refractivity contribution in [1.29, 1.82) is 0 Å². The first-order valence-corrected chi connectivity index (χ1v) is 3.79. The molecule has 3 heteroatoms. The maximum Gasteiger partial charge on any atom is 0.0389 e. The SMILES string of the molecule is Cl.NCC(S)c1ccccc1. The van der Waals surface area contributed by atoms with Crippen LogP contribution in [-0.4, -0.2) is 6.54 Å². The molecule has 0 aliphatic rings. The van der Waals surface area contributed by atoms with Gasteiger partial charge in [-0.25, -0.2) is 0 Å². The van der Waals surface area contributed by atoms with Crippen LogP contribution in [0, 0.1) is 0 Å². The summed E-state index contributed by atoms with van der Waals surface area (Å²) in [5.41, 5.74) is 6.62. The zero-order valence-electron chi connectivity index (χ0n) is 6.10. The first kappa shape index (κ1) is 10.8. The predicted octanol–water partition coefficient (Wildman–Crippen LogP) is 2.04. The molecule has 0 bridgehead atoms. The van der Waals surface area contributed by atoms with Crippen molar-refractivity contribution >= 4 is 25.0 Å². The number of thiol groups is 1. The van der Waals surface area contributed by atoms with E-state index in [1.807, 2.05) is 30.3 Å². The van der Waals surface area contributed by atoms with Gasteiger partial charge in [-0.05, 0) is 5.56 Å². The minimum Gasteiger partial charge on any atom is -0.329 e. The maximum absolute atomic E-state index is 5.43. The van der Waals surface area contributed by atoms with E-state index in [0.717, 1.165) is 0 Å². The van der Waals surface area contributed by atoms with Crippen molar-refractivity contribution in [2.45, 2.75) is 5.25 Å². The predicted molar refractivity (Wildman–Crippen MR) is 54.5 cm³/mol. The third-order valence-corrected chi connectivity index (χ3v) is 1.92. The zero-order valence-corrected chi connectivity index (χ0v) is 7.81. The lowest BCUT2D eigenvalue weighted by molar-refractivity contribution is 0.949. The number of hydrogen-bond donors (Lipinski definition) is 2. The molecule has 0 saturated heterocycles. The van der Waals surface area contributed by atoms with Gasteiger partial charge in [0.25, 0.3) is 0 Å². The molecule has 0 saturated carbocycles. The van der Waals surface area contributed by atoms with Gasteiger partial charge in [0.05, 0.1) is 0 Å². The van der Waals surface area contributed by atoms with Crippen molar-refractivity contribution in [3.63, 3.8) is 0 Å². The molecule has 0 fully saturated rings. The molecule has 62 valence electrons. The Bertz CT molecular complexity index is 191. The molecule has 1 atom stereocenters. The molecule has 0 aliphatic carbocycles. The summed E-state index contributed by atoms with van der Waals surface area (Å²) in [6.07, 6.45) is 0.